The van der Waals surface area contributed by atoms with E-state index in [0.717, 1.165) is 11.3 Å². The molecule has 1 amide bonds. The Morgan fingerprint density at radius 2 is 1.67 bits per heavy atom. The van der Waals surface area contributed by atoms with Gasteiger partial charge in [0.2, 0.25) is 0 Å². The van der Waals surface area contributed by atoms with E-state index in [1.807, 2.05) is 56.3 Å². The molecule has 5 heteroatoms. The van der Waals surface area contributed by atoms with Crippen molar-refractivity contribution in [3.8, 4) is 11.5 Å². The first-order chi connectivity index (χ1) is 11.6. The topological polar surface area (TPSA) is 59.9 Å². The second-order valence-electron chi connectivity index (χ2n) is 5.51. The first-order valence-corrected chi connectivity index (χ1v) is 7.86. The van der Waals surface area contributed by atoms with Gasteiger partial charge in [0.05, 0.1) is 12.3 Å². The second kappa shape index (κ2) is 8.72. The van der Waals surface area contributed by atoms with E-state index in [4.69, 9.17) is 9.47 Å². The lowest BCUT2D eigenvalue weighted by atomic mass is 10.2. The zero-order valence-corrected chi connectivity index (χ0v) is 14.1. The monoisotopic (exact) mass is 326 g/mol. The van der Waals surface area contributed by atoms with Crippen LogP contribution in [0.1, 0.15) is 26.3 Å². The summed E-state index contributed by atoms with van der Waals surface area (Å²) in [7, 11) is 0. The van der Waals surface area contributed by atoms with Crippen LogP contribution in [0.2, 0.25) is 0 Å². The maximum atomic E-state index is 12.0. The Kier molecular flexibility index (Phi) is 6.37. The standard InChI is InChI=1S/C19H22N2O3/c1-14(2)23-18-12-8-7-9-16(18)13-20-21-19(22)15(3)24-17-10-5-4-6-11-17/h4-15H,1-3H3,(H,21,22)/b20-13+. The summed E-state index contributed by atoms with van der Waals surface area (Å²) in [5.74, 6) is 1.04. The van der Waals surface area contributed by atoms with Crippen LogP contribution < -0.4 is 14.9 Å². The minimum absolute atomic E-state index is 0.0634. The Morgan fingerprint density at radius 3 is 2.38 bits per heavy atom. The fraction of sp³-hybridized carbons (Fsp3) is 0.263. The lowest BCUT2D eigenvalue weighted by Gasteiger charge is -2.13. The first kappa shape index (κ1) is 17.5. The highest BCUT2D eigenvalue weighted by molar-refractivity contribution is 5.86. The van der Waals surface area contributed by atoms with E-state index in [1.165, 1.54) is 0 Å². The van der Waals surface area contributed by atoms with Gasteiger partial charge < -0.3 is 9.47 Å². The predicted octanol–water partition coefficient (Wildman–Crippen LogP) is 3.39. The van der Waals surface area contributed by atoms with Crippen LogP contribution in [0.25, 0.3) is 0 Å². The molecule has 0 spiro atoms. The van der Waals surface area contributed by atoms with Crippen LogP contribution in [0.4, 0.5) is 0 Å². The van der Waals surface area contributed by atoms with Crippen molar-refractivity contribution in [1.29, 1.82) is 0 Å². The molecule has 126 valence electrons. The van der Waals surface area contributed by atoms with Gasteiger partial charge >= 0.3 is 0 Å². The summed E-state index contributed by atoms with van der Waals surface area (Å²) in [5.41, 5.74) is 3.28. The molecule has 1 atom stereocenters. The van der Waals surface area contributed by atoms with Gasteiger partial charge in [-0.05, 0) is 45.0 Å². The van der Waals surface area contributed by atoms with Crippen LogP contribution in [0, 0.1) is 0 Å². The Morgan fingerprint density at radius 1 is 1.00 bits per heavy atom. The Bertz CT molecular complexity index is 684. The second-order valence-corrected chi connectivity index (χ2v) is 5.51. The summed E-state index contributed by atoms with van der Waals surface area (Å²) in [4.78, 5) is 12.0. The minimum atomic E-state index is -0.647. The summed E-state index contributed by atoms with van der Waals surface area (Å²) < 4.78 is 11.2. The fourth-order valence-electron chi connectivity index (χ4n) is 1.96. The third-order valence-corrected chi connectivity index (χ3v) is 3.09. The molecule has 0 aliphatic heterocycles. The number of para-hydroxylation sites is 2. The molecule has 0 saturated heterocycles. The van der Waals surface area contributed by atoms with Gasteiger partial charge in [-0.2, -0.15) is 5.10 Å². The molecular formula is C19H22N2O3. The maximum absolute atomic E-state index is 12.0. The molecular weight excluding hydrogens is 304 g/mol. The van der Waals surface area contributed by atoms with Gasteiger partial charge in [0, 0.05) is 5.56 Å². The van der Waals surface area contributed by atoms with Crippen molar-refractivity contribution >= 4 is 12.1 Å². The molecule has 1 unspecified atom stereocenters. The van der Waals surface area contributed by atoms with E-state index in [0.29, 0.717) is 5.75 Å². The molecule has 24 heavy (non-hydrogen) atoms. The highest BCUT2D eigenvalue weighted by Crippen LogP contribution is 2.17. The number of nitrogens with one attached hydrogen (secondary N) is 1. The molecule has 2 aromatic carbocycles. The molecule has 1 N–H and O–H groups in total. The van der Waals surface area contributed by atoms with E-state index in [-0.39, 0.29) is 12.0 Å². The normalized spacial score (nSPS) is 12.2. The molecule has 5 nitrogen and oxygen atoms in total. The van der Waals surface area contributed by atoms with Crippen molar-refractivity contribution in [2.24, 2.45) is 5.10 Å². The van der Waals surface area contributed by atoms with Gasteiger partial charge in [-0.25, -0.2) is 5.43 Å². The summed E-state index contributed by atoms with van der Waals surface area (Å²) >= 11 is 0. The molecule has 0 saturated carbocycles. The molecule has 0 bridgehead atoms. The number of carbonyl (C=O) groups is 1. The molecule has 0 aliphatic rings. The summed E-state index contributed by atoms with van der Waals surface area (Å²) in [6.45, 7) is 5.59. The van der Waals surface area contributed by atoms with Crippen molar-refractivity contribution in [1.82, 2.24) is 5.43 Å². The van der Waals surface area contributed by atoms with Crippen molar-refractivity contribution < 1.29 is 14.3 Å². The van der Waals surface area contributed by atoms with Crippen LogP contribution in [0.3, 0.4) is 0 Å². The van der Waals surface area contributed by atoms with Crippen molar-refractivity contribution in [2.45, 2.75) is 33.0 Å². The van der Waals surface area contributed by atoms with E-state index in [9.17, 15) is 4.79 Å². The van der Waals surface area contributed by atoms with Crippen LogP contribution in [0.5, 0.6) is 11.5 Å². The summed E-state index contributed by atoms with van der Waals surface area (Å²) in [5, 5.41) is 3.99. The number of hydrogen-bond acceptors (Lipinski definition) is 4. The van der Waals surface area contributed by atoms with E-state index < -0.39 is 6.10 Å². The maximum Gasteiger partial charge on any atom is 0.280 e. The number of ether oxygens (including phenoxy) is 2. The number of benzene rings is 2. The lowest BCUT2D eigenvalue weighted by molar-refractivity contribution is -0.127. The van der Waals surface area contributed by atoms with Crippen LogP contribution in [-0.4, -0.2) is 24.3 Å². The number of hydrazone groups is 1. The third-order valence-electron chi connectivity index (χ3n) is 3.09. The van der Waals surface area contributed by atoms with Crippen LogP contribution >= 0.6 is 0 Å². The Balaban J connectivity index is 1.92. The molecule has 0 aromatic heterocycles. The number of hydrogen-bond donors (Lipinski definition) is 1. The zero-order chi connectivity index (χ0) is 17.4. The van der Waals surface area contributed by atoms with E-state index in [1.54, 1.807) is 25.3 Å². The van der Waals surface area contributed by atoms with Crippen molar-refractivity contribution in [3.63, 3.8) is 0 Å². The molecule has 2 rings (SSSR count). The summed E-state index contributed by atoms with van der Waals surface area (Å²) in [6, 6.07) is 16.7. The molecule has 0 fully saturated rings. The van der Waals surface area contributed by atoms with E-state index in [2.05, 4.69) is 10.5 Å². The van der Waals surface area contributed by atoms with Gasteiger partial charge in [-0.15, -0.1) is 0 Å². The molecule has 0 radical (unpaired) electrons. The van der Waals surface area contributed by atoms with Gasteiger partial charge in [0.25, 0.3) is 5.91 Å². The predicted molar refractivity (Wildman–Crippen MR) is 94.5 cm³/mol. The number of nitrogens with zero attached hydrogens (tertiary/aromatic N) is 1. The molecule has 2 aromatic rings. The van der Waals surface area contributed by atoms with Gasteiger partial charge in [0.15, 0.2) is 6.10 Å². The summed E-state index contributed by atoms with van der Waals surface area (Å²) in [6.07, 6.45) is 0.977. The average Bonchev–Trinajstić information content (AvgIpc) is 2.56. The number of amides is 1. The first-order valence-electron chi connectivity index (χ1n) is 7.86. The largest absolute Gasteiger partial charge is 0.490 e. The smallest absolute Gasteiger partial charge is 0.280 e. The highest BCUT2D eigenvalue weighted by Gasteiger charge is 2.13. The van der Waals surface area contributed by atoms with Crippen LogP contribution in [-0.2, 0) is 4.79 Å². The van der Waals surface area contributed by atoms with Crippen molar-refractivity contribution in [2.75, 3.05) is 0 Å². The number of rotatable bonds is 7. The zero-order valence-electron chi connectivity index (χ0n) is 14.1. The third kappa shape index (κ3) is 5.43. The van der Waals surface area contributed by atoms with Gasteiger partial charge in [0.1, 0.15) is 11.5 Å². The Labute approximate surface area is 142 Å². The molecule has 0 aliphatic carbocycles. The SMILES string of the molecule is CC(C)Oc1ccccc1/C=N/NC(=O)C(C)Oc1ccccc1. The van der Waals surface area contributed by atoms with Crippen molar-refractivity contribution in [3.05, 3.63) is 60.2 Å². The number of carbonyl (C=O) groups excluding carboxylic acids is 1. The highest BCUT2D eigenvalue weighted by atomic mass is 16.5. The quantitative estimate of drug-likeness (QED) is 0.627. The lowest BCUT2D eigenvalue weighted by Crippen LogP contribution is -2.33. The molecule has 0 heterocycles. The van der Waals surface area contributed by atoms with Gasteiger partial charge in [-0.1, -0.05) is 30.3 Å². The minimum Gasteiger partial charge on any atom is -0.490 e. The van der Waals surface area contributed by atoms with Crippen LogP contribution in [0.15, 0.2) is 59.7 Å². The fourth-order valence-corrected chi connectivity index (χ4v) is 1.96. The van der Waals surface area contributed by atoms with Gasteiger partial charge in [-0.3, -0.25) is 4.79 Å². The Hall–Kier alpha value is -2.82. The van der Waals surface area contributed by atoms with E-state index >= 15 is 0 Å². The average molecular weight is 326 g/mol.